The Labute approximate surface area is 168 Å². The van der Waals surface area contributed by atoms with E-state index in [9.17, 15) is 4.79 Å². The number of hydrogen-bond acceptors (Lipinski definition) is 5. The summed E-state index contributed by atoms with van der Waals surface area (Å²) in [4.78, 5) is 14.5. The third kappa shape index (κ3) is 3.96. The van der Waals surface area contributed by atoms with Gasteiger partial charge in [0.05, 0.1) is 36.0 Å². The fourth-order valence-corrected chi connectivity index (χ4v) is 3.15. The maximum absolute atomic E-state index is 12.9. The number of aromatic nitrogens is 8. The summed E-state index contributed by atoms with van der Waals surface area (Å²) in [5.74, 6) is -0.0540. The molecule has 0 saturated heterocycles. The molecule has 0 radical (unpaired) electrons. The lowest BCUT2D eigenvalue weighted by Gasteiger charge is -2.16. The summed E-state index contributed by atoms with van der Waals surface area (Å²) in [5, 5.41) is 17.5. The Kier molecular flexibility index (Phi) is 4.75. The van der Waals surface area contributed by atoms with Gasteiger partial charge in [0.2, 0.25) is 5.91 Å². The van der Waals surface area contributed by atoms with Gasteiger partial charge in [-0.2, -0.15) is 20.4 Å². The van der Waals surface area contributed by atoms with Gasteiger partial charge in [-0.1, -0.05) is 0 Å². The van der Waals surface area contributed by atoms with E-state index in [-0.39, 0.29) is 12.5 Å². The van der Waals surface area contributed by atoms with Crippen molar-refractivity contribution in [2.24, 2.45) is 21.1 Å². The number of likely N-dealkylation sites (N-methyl/N-ethyl adjacent to an activating group) is 1. The van der Waals surface area contributed by atoms with E-state index in [4.69, 9.17) is 0 Å². The van der Waals surface area contributed by atoms with Gasteiger partial charge in [0, 0.05) is 57.9 Å². The SMILES string of the molecule is CN(Cc1ccn(C)n1)C(=O)Cn1nc(-c2cnn(C)c2)cc1-c1cnn(C)c1. The highest BCUT2D eigenvalue weighted by molar-refractivity contribution is 5.77. The highest BCUT2D eigenvalue weighted by Crippen LogP contribution is 2.25. The van der Waals surface area contributed by atoms with Crippen molar-refractivity contribution in [3.05, 3.63) is 48.8 Å². The molecule has 0 aliphatic heterocycles. The first-order chi connectivity index (χ1) is 13.9. The molecule has 150 valence electrons. The van der Waals surface area contributed by atoms with Crippen molar-refractivity contribution in [2.75, 3.05) is 7.05 Å². The normalized spacial score (nSPS) is 11.2. The van der Waals surface area contributed by atoms with Crippen LogP contribution in [-0.4, -0.2) is 57.0 Å². The Hall–Kier alpha value is -3.69. The van der Waals surface area contributed by atoms with Crippen molar-refractivity contribution >= 4 is 5.91 Å². The Bertz CT molecular complexity index is 1150. The minimum atomic E-state index is -0.0540. The highest BCUT2D eigenvalue weighted by Gasteiger charge is 2.18. The van der Waals surface area contributed by atoms with E-state index in [0.717, 1.165) is 28.2 Å². The minimum Gasteiger partial charge on any atom is -0.338 e. The molecule has 10 heteroatoms. The zero-order chi connectivity index (χ0) is 20.5. The van der Waals surface area contributed by atoms with Crippen molar-refractivity contribution in [3.63, 3.8) is 0 Å². The van der Waals surface area contributed by atoms with E-state index in [1.807, 2.05) is 51.9 Å². The molecule has 4 aromatic rings. The lowest BCUT2D eigenvalue weighted by atomic mass is 10.2. The van der Waals surface area contributed by atoms with Gasteiger partial charge in [-0.15, -0.1) is 0 Å². The van der Waals surface area contributed by atoms with Crippen molar-refractivity contribution in [1.29, 1.82) is 0 Å². The van der Waals surface area contributed by atoms with Gasteiger partial charge in [-0.25, -0.2) is 0 Å². The number of rotatable bonds is 6. The first-order valence-electron chi connectivity index (χ1n) is 9.17. The van der Waals surface area contributed by atoms with E-state index >= 15 is 0 Å². The molecule has 0 aliphatic rings. The van der Waals surface area contributed by atoms with Crippen LogP contribution in [0.4, 0.5) is 0 Å². The highest BCUT2D eigenvalue weighted by atomic mass is 16.2. The Morgan fingerprint density at radius 2 is 1.69 bits per heavy atom. The molecule has 4 aromatic heterocycles. The standard InChI is InChI=1S/C19H23N9O/c1-24(12-16-5-6-25(2)22-16)19(29)13-28-18(15-9-21-27(4)11-15)7-17(23-28)14-8-20-26(3)10-14/h5-11H,12-13H2,1-4H3. The van der Waals surface area contributed by atoms with Crippen LogP contribution in [0.25, 0.3) is 22.5 Å². The molecule has 0 unspecified atom stereocenters. The average Bonchev–Trinajstić information content (AvgIpc) is 3.44. The molecule has 0 aromatic carbocycles. The smallest absolute Gasteiger partial charge is 0.244 e. The third-order valence-corrected chi connectivity index (χ3v) is 4.66. The quantitative estimate of drug-likeness (QED) is 0.489. The molecule has 10 nitrogen and oxygen atoms in total. The van der Waals surface area contributed by atoms with Gasteiger partial charge in [0.25, 0.3) is 0 Å². The second-order valence-corrected chi connectivity index (χ2v) is 7.11. The number of amides is 1. The lowest BCUT2D eigenvalue weighted by molar-refractivity contribution is -0.131. The predicted molar refractivity (Wildman–Crippen MR) is 106 cm³/mol. The average molecular weight is 393 g/mol. The molecule has 1 amide bonds. The zero-order valence-electron chi connectivity index (χ0n) is 16.9. The first kappa shape index (κ1) is 18.7. The van der Waals surface area contributed by atoms with Gasteiger partial charge >= 0.3 is 0 Å². The summed E-state index contributed by atoms with van der Waals surface area (Å²) >= 11 is 0. The van der Waals surface area contributed by atoms with Crippen molar-refractivity contribution in [3.8, 4) is 22.5 Å². The Morgan fingerprint density at radius 3 is 2.28 bits per heavy atom. The topological polar surface area (TPSA) is 91.6 Å². The molecular weight excluding hydrogens is 370 g/mol. The fraction of sp³-hybridized carbons (Fsp3) is 0.316. The van der Waals surface area contributed by atoms with Gasteiger partial charge in [0.1, 0.15) is 6.54 Å². The molecule has 0 bridgehead atoms. The summed E-state index contributed by atoms with van der Waals surface area (Å²) in [5.41, 5.74) is 4.22. The number of hydrogen-bond donors (Lipinski definition) is 0. The fourth-order valence-electron chi connectivity index (χ4n) is 3.15. The van der Waals surface area contributed by atoms with Gasteiger partial charge in [-0.05, 0) is 12.1 Å². The van der Waals surface area contributed by atoms with Gasteiger partial charge in [-0.3, -0.25) is 23.5 Å². The van der Waals surface area contributed by atoms with Crippen molar-refractivity contribution in [2.45, 2.75) is 13.1 Å². The summed E-state index contributed by atoms with van der Waals surface area (Å²) < 4.78 is 6.90. The second-order valence-electron chi connectivity index (χ2n) is 7.11. The van der Waals surface area contributed by atoms with Crippen LogP contribution >= 0.6 is 0 Å². The monoisotopic (exact) mass is 393 g/mol. The first-order valence-corrected chi connectivity index (χ1v) is 9.17. The Balaban J connectivity index is 1.61. The van der Waals surface area contributed by atoms with Crippen LogP contribution in [0.2, 0.25) is 0 Å². The van der Waals surface area contributed by atoms with Crippen LogP contribution in [0.1, 0.15) is 5.69 Å². The van der Waals surface area contributed by atoms with Crippen LogP contribution < -0.4 is 0 Å². The summed E-state index contributed by atoms with van der Waals surface area (Å²) in [7, 11) is 7.35. The van der Waals surface area contributed by atoms with Crippen molar-refractivity contribution < 1.29 is 4.79 Å². The summed E-state index contributed by atoms with van der Waals surface area (Å²) in [6, 6.07) is 3.86. The van der Waals surface area contributed by atoms with Gasteiger partial charge < -0.3 is 4.90 Å². The molecule has 4 heterocycles. The maximum Gasteiger partial charge on any atom is 0.244 e. The van der Waals surface area contributed by atoms with E-state index in [1.54, 1.807) is 43.1 Å². The van der Waals surface area contributed by atoms with Crippen molar-refractivity contribution in [1.82, 2.24) is 44.0 Å². The van der Waals surface area contributed by atoms with Crippen LogP contribution in [-0.2, 0) is 39.0 Å². The largest absolute Gasteiger partial charge is 0.338 e. The Morgan fingerprint density at radius 1 is 1.00 bits per heavy atom. The molecule has 0 atom stereocenters. The molecule has 0 N–H and O–H groups in total. The molecule has 0 saturated carbocycles. The summed E-state index contributed by atoms with van der Waals surface area (Å²) in [6.45, 7) is 0.562. The number of nitrogens with zero attached hydrogens (tertiary/aromatic N) is 9. The van der Waals surface area contributed by atoms with E-state index in [0.29, 0.717) is 6.54 Å². The number of carbonyl (C=O) groups excluding carboxylic acids is 1. The van der Waals surface area contributed by atoms with Crippen LogP contribution in [0.15, 0.2) is 43.1 Å². The lowest BCUT2D eigenvalue weighted by Crippen LogP contribution is -2.30. The third-order valence-electron chi connectivity index (χ3n) is 4.66. The van der Waals surface area contributed by atoms with E-state index in [1.165, 1.54) is 0 Å². The maximum atomic E-state index is 12.9. The van der Waals surface area contributed by atoms with Gasteiger partial charge in [0.15, 0.2) is 0 Å². The van der Waals surface area contributed by atoms with Crippen LogP contribution in [0, 0.1) is 0 Å². The van der Waals surface area contributed by atoms with Crippen LogP contribution in [0.5, 0.6) is 0 Å². The molecule has 0 aliphatic carbocycles. The number of carbonyl (C=O) groups is 1. The number of aryl methyl sites for hydroxylation is 3. The molecular formula is C19H23N9O. The molecule has 0 fully saturated rings. The molecule has 29 heavy (non-hydrogen) atoms. The zero-order valence-corrected chi connectivity index (χ0v) is 16.9. The second kappa shape index (κ2) is 7.38. The van der Waals surface area contributed by atoms with Crippen LogP contribution in [0.3, 0.4) is 0 Å². The predicted octanol–water partition coefficient (Wildman–Crippen LogP) is 1.08. The summed E-state index contributed by atoms with van der Waals surface area (Å²) in [6.07, 6.45) is 9.19. The van der Waals surface area contributed by atoms with E-state index in [2.05, 4.69) is 20.4 Å². The molecule has 4 rings (SSSR count). The molecule has 0 spiro atoms. The van der Waals surface area contributed by atoms with E-state index < -0.39 is 0 Å². The minimum absolute atomic E-state index is 0.0540.